The van der Waals surface area contributed by atoms with Crippen LogP contribution < -0.4 is 16.2 Å². The molecule has 1 aliphatic heterocycles. The van der Waals surface area contributed by atoms with Crippen molar-refractivity contribution in [3.8, 4) is 0 Å². The zero-order valence-electron chi connectivity index (χ0n) is 12.7. The van der Waals surface area contributed by atoms with E-state index < -0.39 is 11.9 Å². The Hall–Kier alpha value is -2.02. The molecule has 2 unspecified atom stereocenters. The fourth-order valence-corrected chi connectivity index (χ4v) is 2.81. The first-order valence-electron chi connectivity index (χ1n) is 7.51. The van der Waals surface area contributed by atoms with Gasteiger partial charge in [-0.05, 0) is 41.8 Å². The average Bonchev–Trinajstić information content (AvgIpc) is 3.06. The van der Waals surface area contributed by atoms with Gasteiger partial charge in [0.05, 0.1) is 5.02 Å². The van der Waals surface area contributed by atoms with Crippen LogP contribution in [0.15, 0.2) is 42.5 Å². The van der Waals surface area contributed by atoms with Crippen molar-refractivity contribution in [3.05, 3.63) is 70.2 Å². The van der Waals surface area contributed by atoms with Crippen molar-refractivity contribution >= 4 is 17.5 Å². The number of benzene rings is 2. The number of amides is 1. The summed E-state index contributed by atoms with van der Waals surface area (Å²) in [7, 11) is 0. The fourth-order valence-electron chi connectivity index (χ4n) is 2.60. The maximum Gasteiger partial charge on any atom is 0.238 e. The molecule has 7 heteroatoms. The lowest BCUT2D eigenvalue weighted by atomic mass is 10.0. The Kier molecular flexibility index (Phi) is 5.08. The van der Waals surface area contributed by atoms with Crippen molar-refractivity contribution in [2.75, 3.05) is 0 Å². The highest BCUT2D eigenvalue weighted by Gasteiger charge is 2.29. The van der Waals surface area contributed by atoms with E-state index in [9.17, 15) is 13.6 Å². The molecule has 1 amide bonds. The summed E-state index contributed by atoms with van der Waals surface area (Å²) in [5, 5.41) is 2.81. The molecule has 0 aliphatic carbocycles. The summed E-state index contributed by atoms with van der Waals surface area (Å²) in [6.45, 7) is 0.262. The lowest BCUT2D eigenvalue weighted by Gasteiger charge is -2.11. The summed E-state index contributed by atoms with van der Waals surface area (Å²) >= 11 is 5.72. The third-order valence-corrected chi connectivity index (χ3v) is 4.23. The average molecular weight is 352 g/mol. The molecule has 4 nitrogen and oxygen atoms in total. The Balaban J connectivity index is 1.54. The number of hydrazine groups is 1. The van der Waals surface area contributed by atoms with Crippen molar-refractivity contribution < 1.29 is 13.6 Å². The summed E-state index contributed by atoms with van der Waals surface area (Å²) in [5.74, 6) is -0.958. The molecule has 0 saturated carbocycles. The van der Waals surface area contributed by atoms with Gasteiger partial charge in [-0.1, -0.05) is 29.8 Å². The zero-order chi connectivity index (χ0) is 17.1. The largest absolute Gasteiger partial charge is 0.351 e. The second kappa shape index (κ2) is 7.25. The van der Waals surface area contributed by atoms with E-state index in [1.807, 2.05) is 0 Å². The summed E-state index contributed by atoms with van der Waals surface area (Å²) in [4.78, 5) is 12.2. The number of nitrogens with one attached hydrogen (secondary N) is 3. The molecule has 2 aromatic carbocycles. The zero-order valence-corrected chi connectivity index (χ0v) is 13.4. The van der Waals surface area contributed by atoms with Crippen LogP contribution in [0.5, 0.6) is 0 Å². The van der Waals surface area contributed by atoms with Crippen LogP contribution in [0.2, 0.25) is 5.02 Å². The van der Waals surface area contributed by atoms with E-state index in [2.05, 4.69) is 16.2 Å². The highest BCUT2D eigenvalue weighted by atomic mass is 35.5. The van der Waals surface area contributed by atoms with E-state index >= 15 is 0 Å². The van der Waals surface area contributed by atoms with Gasteiger partial charge in [-0.3, -0.25) is 4.79 Å². The summed E-state index contributed by atoms with van der Waals surface area (Å²) in [6.07, 6.45) is 0.543. The molecule has 1 aliphatic rings. The highest BCUT2D eigenvalue weighted by Crippen LogP contribution is 2.22. The Morgan fingerprint density at radius 2 is 1.92 bits per heavy atom. The van der Waals surface area contributed by atoms with Gasteiger partial charge in [-0.15, -0.1) is 0 Å². The van der Waals surface area contributed by atoms with Gasteiger partial charge in [0, 0.05) is 12.6 Å². The van der Waals surface area contributed by atoms with Crippen LogP contribution in [-0.4, -0.2) is 11.9 Å². The van der Waals surface area contributed by atoms with Crippen LogP contribution in [0.4, 0.5) is 8.78 Å². The summed E-state index contributed by atoms with van der Waals surface area (Å²) in [6, 6.07) is 10.0. The van der Waals surface area contributed by atoms with Crippen molar-refractivity contribution in [1.82, 2.24) is 16.2 Å². The van der Waals surface area contributed by atoms with Gasteiger partial charge in [0.25, 0.3) is 0 Å². The van der Waals surface area contributed by atoms with Crippen molar-refractivity contribution in [2.45, 2.75) is 25.0 Å². The molecule has 3 N–H and O–H groups in total. The molecule has 2 atom stereocenters. The topological polar surface area (TPSA) is 53.2 Å². The molecule has 3 rings (SSSR count). The number of hydrogen-bond acceptors (Lipinski definition) is 3. The Bertz CT molecular complexity index is 739. The predicted molar refractivity (Wildman–Crippen MR) is 87.1 cm³/mol. The number of halogens is 3. The van der Waals surface area contributed by atoms with E-state index in [4.69, 9.17) is 11.6 Å². The van der Waals surface area contributed by atoms with Gasteiger partial charge in [0.15, 0.2) is 0 Å². The van der Waals surface area contributed by atoms with Gasteiger partial charge >= 0.3 is 0 Å². The van der Waals surface area contributed by atoms with E-state index in [1.165, 1.54) is 24.3 Å². The van der Waals surface area contributed by atoms with E-state index in [1.54, 1.807) is 18.2 Å². The number of hydrogen-bond donors (Lipinski definition) is 3. The Morgan fingerprint density at radius 1 is 1.17 bits per heavy atom. The molecule has 0 bridgehead atoms. The smallest absolute Gasteiger partial charge is 0.238 e. The molecular weight excluding hydrogens is 336 g/mol. The highest BCUT2D eigenvalue weighted by molar-refractivity contribution is 6.30. The first-order valence-corrected chi connectivity index (χ1v) is 7.89. The maximum absolute atomic E-state index is 13.1. The third kappa shape index (κ3) is 3.90. The van der Waals surface area contributed by atoms with E-state index in [-0.39, 0.29) is 29.3 Å². The Morgan fingerprint density at radius 3 is 2.62 bits per heavy atom. The van der Waals surface area contributed by atoms with Crippen LogP contribution in [0.25, 0.3) is 0 Å². The fraction of sp³-hybridized carbons (Fsp3) is 0.235. The van der Waals surface area contributed by atoms with Gasteiger partial charge in [-0.2, -0.15) is 0 Å². The first kappa shape index (κ1) is 16.8. The molecule has 1 heterocycles. The SMILES string of the molecule is O=C(NCc1ccc(F)c(Cl)c1)C1CC(c2ccc(F)cc2)NN1. The first-order chi connectivity index (χ1) is 11.5. The minimum Gasteiger partial charge on any atom is -0.351 e. The normalized spacial score (nSPS) is 20.1. The van der Waals surface area contributed by atoms with Crippen LogP contribution in [0.3, 0.4) is 0 Å². The van der Waals surface area contributed by atoms with Crippen molar-refractivity contribution in [1.29, 1.82) is 0 Å². The van der Waals surface area contributed by atoms with Gasteiger partial charge in [0.1, 0.15) is 17.7 Å². The number of rotatable bonds is 4. The molecule has 126 valence electrons. The monoisotopic (exact) mass is 351 g/mol. The lowest BCUT2D eigenvalue weighted by Crippen LogP contribution is -2.42. The van der Waals surface area contributed by atoms with Crippen molar-refractivity contribution in [2.24, 2.45) is 0 Å². The molecule has 0 aromatic heterocycles. The number of carbonyl (C=O) groups excluding carboxylic acids is 1. The van der Waals surface area contributed by atoms with Crippen LogP contribution >= 0.6 is 11.6 Å². The van der Waals surface area contributed by atoms with Gasteiger partial charge < -0.3 is 5.32 Å². The molecule has 1 saturated heterocycles. The Labute approximate surface area is 143 Å². The van der Waals surface area contributed by atoms with Crippen LogP contribution in [-0.2, 0) is 11.3 Å². The van der Waals surface area contributed by atoms with Crippen LogP contribution in [0, 0.1) is 11.6 Å². The van der Waals surface area contributed by atoms with E-state index in [0.29, 0.717) is 6.42 Å². The molecule has 0 spiro atoms. The minimum absolute atomic E-state index is 0.0266. The second-order valence-corrected chi connectivity index (χ2v) is 6.05. The minimum atomic E-state index is -0.490. The molecule has 1 fully saturated rings. The summed E-state index contributed by atoms with van der Waals surface area (Å²) < 4.78 is 26.1. The van der Waals surface area contributed by atoms with E-state index in [0.717, 1.165) is 11.1 Å². The van der Waals surface area contributed by atoms with Crippen LogP contribution in [0.1, 0.15) is 23.6 Å². The number of carbonyl (C=O) groups is 1. The molecule has 0 radical (unpaired) electrons. The van der Waals surface area contributed by atoms with Gasteiger partial charge in [-0.25, -0.2) is 19.6 Å². The molecule has 24 heavy (non-hydrogen) atoms. The van der Waals surface area contributed by atoms with Crippen molar-refractivity contribution in [3.63, 3.8) is 0 Å². The predicted octanol–water partition coefficient (Wildman–Crippen LogP) is 2.84. The second-order valence-electron chi connectivity index (χ2n) is 5.65. The summed E-state index contributed by atoms with van der Waals surface area (Å²) in [5.41, 5.74) is 7.59. The quantitative estimate of drug-likeness (QED) is 0.794. The lowest BCUT2D eigenvalue weighted by molar-refractivity contribution is -0.123. The molecule has 2 aromatic rings. The van der Waals surface area contributed by atoms with Gasteiger partial charge in [0.2, 0.25) is 5.91 Å². The maximum atomic E-state index is 13.1. The third-order valence-electron chi connectivity index (χ3n) is 3.94. The molecular formula is C17H16ClF2N3O. The standard InChI is InChI=1S/C17H16ClF2N3O/c18-13-7-10(1-6-14(13)20)9-21-17(24)16-8-15(22-23-16)11-2-4-12(19)5-3-11/h1-7,15-16,22-23H,8-9H2,(H,21,24).